The molecular formula is C12H19ClN4. The van der Waals surface area contributed by atoms with Crippen molar-refractivity contribution in [2.45, 2.75) is 45.1 Å². The maximum Gasteiger partial charge on any atom is 0.157 e. The van der Waals surface area contributed by atoms with Crippen molar-refractivity contribution in [3.63, 3.8) is 0 Å². The van der Waals surface area contributed by atoms with Gasteiger partial charge >= 0.3 is 0 Å². The lowest BCUT2D eigenvalue weighted by atomic mass is 10.0. The second kappa shape index (κ2) is 5.54. The number of nitrogens with one attached hydrogen (secondary N) is 1. The van der Waals surface area contributed by atoms with Gasteiger partial charge in [0.2, 0.25) is 0 Å². The minimum Gasteiger partial charge on any atom is -0.393 e. The number of nitrogens with zero attached hydrogens (tertiary/aromatic N) is 2. The molecular weight excluding hydrogens is 236 g/mol. The van der Waals surface area contributed by atoms with Gasteiger partial charge < -0.3 is 11.1 Å². The van der Waals surface area contributed by atoms with Crippen molar-refractivity contribution in [2.75, 3.05) is 11.1 Å². The zero-order chi connectivity index (χ0) is 12.3. The average molecular weight is 255 g/mol. The van der Waals surface area contributed by atoms with Crippen LogP contribution in [-0.4, -0.2) is 16.0 Å². The van der Waals surface area contributed by atoms with Crippen LogP contribution in [-0.2, 0) is 0 Å². The number of hydrogen-bond acceptors (Lipinski definition) is 4. The lowest BCUT2D eigenvalue weighted by Gasteiger charge is -2.18. The van der Waals surface area contributed by atoms with Gasteiger partial charge in [-0.15, -0.1) is 0 Å². The first-order valence-electron chi connectivity index (χ1n) is 6.19. The van der Waals surface area contributed by atoms with Crippen molar-refractivity contribution in [1.82, 2.24) is 9.97 Å². The van der Waals surface area contributed by atoms with Gasteiger partial charge in [0, 0.05) is 6.04 Å². The molecule has 0 bridgehead atoms. The van der Waals surface area contributed by atoms with E-state index in [1.807, 2.05) is 0 Å². The number of anilines is 2. The fraction of sp³-hybridized carbons (Fsp3) is 0.667. The van der Waals surface area contributed by atoms with Gasteiger partial charge in [0.05, 0.1) is 0 Å². The molecule has 1 saturated carbocycles. The second-order valence-electron chi connectivity index (χ2n) is 4.88. The Morgan fingerprint density at radius 2 is 2.12 bits per heavy atom. The largest absolute Gasteiger partial charge is 0.393 e. The Morgan fingerprint density at radius 1 is 1.29 bits per heavy atom. The van der Waals surface area contributed by atoms with Gasteiger partial charge in [0.1, 0.15) is 12.0 Å². The Balaban J connectivity index is 2.02. The van der Waals surface area contributed by atoms with E-state index in [-0.39, 0.29) is 0 Å². The summed E-state index contributed by atoms with van der Waals surface area (Å²) in [5, 5.41) is 3.71. The van der Waals surface area contributed by atoms with Crippen LogP contribution in [0, 0.1) is 5.92 Å². The van der Waals surface area contributed by atoms with Gasteiger partial charge in [0.25, 0.3) is 0 Å². The second-order valence-corrected chi connectivity index (χ2v) is 5.24. The van der Waals surface area contributed by atoms with Gasteiger partial charge in [-0.25, -0.2) is 9.97 Å². The Kier molecular flexibility index (Phi) is 4.05. The van der Waals surface area contributed by atoms with Gasteiger partial charge in [-0.05, 0) is 25.2 Å². The molecule has 17 heavy (non-hydrogen) atoms. The molecule has 4 nitrogen and oxygen atoms in total. The molecule has 1 aliphatic rings. The SMILES string of the molecule is CC1CCCC(Nc2ncnc(Cl)c2N)CC1. The summed E-state index contributed by atoms with van der Waals surface area (Å²) in [6.45, 7) is 2.32. The normalized spacial score (nSPS) is 25.3. The van der Waals surface area contributed by atoms with Gasteiger partial charge in [-0.3, -0.25) is 0 Å². The molecule has 0 aromatic carbocycles. The van der Waals surface area contributed by atoms with E-state index >= 15 is 0 Å². The lowest BCUT2D eigenvalue weighted by Crippen LogP contribution is -2.20. The molecule has 1 aromatic heterocycles. The van der Waals surface area contributed by atoms with E-state index in [0.717, 1.165) is 5.92 Å². The molecule has 2 rings (SSSR count). The highest BCUT2D eigenvalue weighted by Gasteiger charge is 2.17. The first-order valence-corrected chi connectivity index (χ1v) is 6.57. The minimum atomic E-state index is 0.324. The number of rotatable bonds is 2. The summed E-state index contributed by atoms with van der Waals surface area (Å²) in [4.78, 5) is 8.00. The van der Waals surface area contributed by atoms with Crippen LogP contribution in [0.3, 0.4) is 0 Å². The Bertz CT molecular complexity index is 383. The lowest BCUT2D eigenvalue weighted by molar-refractivity contribution is 0.502. The van der Waals surface area contributed by atoms with Crippen molar-refractivity contribution in [3.05, 3.63) is 11.5 Å². The van der Waals surface area contributed by atoms with Gasteiger partial charge in [0.15, 0.2) is 11.0 Å². The third-order valence-corrected chi connectivity index (χ3v) is 3.73. The van der Waals surface area contributed by atoms with E-state index < -0.39 is 0 Å². The maximum atomic E-state index is 5.87. The van der Waals surface area contributed by atoms with Crippen molar-refractivity contribution in [3.8, 4) is 0 Å². The number of nitrogen functional groups attached to an aromatic ring is 1. The number of halogens is 1. The van der Waals surface area contributed by atoms with Crippen molar-refractivity contribution in [2.24, 2.45) is 5.92 Å². The number of hydrogen-bond donors (Lipinski definition) is 2. The third kappa shape index (κ3) is 3.22. The van der Waals surface area contributed by atoms with Crippen molar-refractivity contribution in [1.29, 1.82) is 0 Å². The van der Waals surface area contributed by atoms with Crippen LogP contribution in [0.15, 0.2) is 6.33 Å². The Hall–Kier alpha value is -1.03. The smallest absolute Gasteiger partial charge is 0.157 e. The summed E-state index contributed by atoms with van der Waals surface area (Å²) < 4.78 is 0. The standard InChI is InChI=1S/C12H19ClN4/c1-8-3-2-4-9(6-5-8)17-12-10(14)11(13)15-7-16-12/h7-9H,2-6,14H2,1H3,(H,15,16,17). The summed E-state index contributed by atoms with van der Waals surface area (Å²) >= 11 is 5.87. The zero-order valence-corrected chi connectivity index (χ0v) is 10.9. The monoisotopic (exact) mass is 254 g/mol. The first-order chi connectivity index (χ1) is 8.16. The van der Waals surface area contributed by atoms with E-state index in [2.05, 4.69) is 22.2 Å². The predicted molar refractivity (Wildman–Crippen MR) is 71.1 cm³/mol. The Morgan fingerprint density at radius 3 is 2.94 bits per heavy atom. The Labute approximate surface area is 107 Å². The summed E-state index contributed by atoms with van der Waals surface area (Å²) in [5.41, 5.74) is 6.30. The molecule has 2 atom stereocenters. The number of aromatic nitrogens is 2. The highest BCUT2D eigenvalue weighted by atomic mass is 35.5. The highest BCUT2D eigenvalue weighted by Crippen LogP contribution is 2.27. The molecule has 1 aromatic rings. The molecule has 1 heterocycles. The molecule has 2 unspecified atom stereocenters. The molecule has 0 saturated heterocycles. The molecule has 0 amide bonds. The molecule has 0 spiro atoms. The van der Waals surface area contributed by atoms with Crippen LogP contribution in [0.5, 0.6) is 0 Å². The summed E-state index contributed by atoms with van der Waals surface area (Å²) in [5.74, 6) is 1.50. The fourth-order valence-electron chi connectivity index (χ4n) is 2.31. The summed E-state index contributed by atoms with van der Waals surface area (Å²) in [6, 6.07) is 0.452. The molecule has 94 valence electrons. The molecule has 1 fully saturated rings. The highest BCUT2D eigenvalue weighted by molar-refractivity contribution is 6.32. The van der Waals surface area contributed by atoms with E-state index in [1.54, 1.807) is 0 Å². The van der Waals surface area contributed by atoms with E-state index in [4.69, 9.17) is 17.3 Å². The van der Waals surface area contributed by atoms with Crippen LogP contribution in [0.2, 0.25) is 5.15 Å². The molecule has 0 radical (unpaired) electrons. The summed E-state index contributed by atoms with van der Waals surface area (Å²) in [6.07, 6.45) is 7.63. The van der Waals surface area contributed by atoms with Crippen LogP contribution in [0.4, 0.5) is 11.5 Å². The van der Waals surface area contributed by atoms with Gasteiger partial charge in [-0.1, -0.05) is 31.4 Å². The van der Waals surface area contributed by atoms with Crippen molar-refractivity contribution < 1.29 is 0 Å². The summed E-state index contributed by atoms with van der Waals surface area (Å²) in [7, 11) is 0. The van der Waals surface area contributed by atoms with Crippen molar-refractivity contribution >= 4 is 23.1 Å². The molecule has 1 aliphatic carbocycles. The minimum absolute atomic E-state index is 0.324. The predicted octanol–water partition coefficient (Wildman–Crippen LogP) is 3.09. The zero-order valence-electron chi connectivity index (χ0n) is 10.1. The molecule has 5 heteroatoms. The first kappa shape index (κ1) is 12.4. The molecule has 3 N–H and O–H groups in total. The maximum absolute atomic E-state index is 5.87. The topological polar surface area (TPSA) is 63.8 Å². The van der Waals surface area contributed by atoms with E-state index in [1.165, 1.54) is 38.4 Å². The fourth-order valence-corrected chi connectivity index (χ4v) is 2.45. The van der Waals surface area contributed by atoms with Crippen LogP contribution >= 0.6 is 11.6 Å². The van der Waals surface area contributed by atoms with Crippen LogP contribution in [0.25, 0.3) is 0 Å². The average Bonchev–Trinajstić information content (AvgIpc) is 2.50. The number of nitrogens with two attached hydrogens (primary N) is 1. The van der Waals surface area contributed by atoms with Gasteiger partial charge in [-0.2, -0.15) is 0 Å². The molecule has 0 aliphatic heterocycles. The third-order valence-electron chi connectivity index (χ3n) is 3.43. The quantitative estimate of drug-likeness (QED) is 0.629. The van der Waals surface area contributed by atoms with E-state index in [9.17, 15) is 0 Å². The van der Waals surface area contributed by atoms with E-state index in [0.29, 0.717) is 22.7 Å². The van der Waals surface area contributed by atoms with Crippen LogP contribution < -0.4 is 11.1 Å². The van der Waals surface area contributed by atoms with Crippen LogP contribution in [0.1, 0.15) is 39.0 Å².